The smallest absolute Gasteiger partial charge is 0.267 e. The minimum atomic E-state index is -0.261. The molecule has 2 amide bonds. The van der Waals surface area contributed by atoms with Crippen molar-refractivity contribution in [2.75, 3.05) is 20.3 Å². The van der Waals surface area contributed by atoms with Gasteiger partial charge >= 0.3 is 0 Å². The first-order valence-corrected chi connectivity index (χ1v) is 8.51. The van der Waals surface area contributed by atoms with Crippen LogP contribution in [0.4, 0.5) is 0 Å². The predicted molar refractivity (Wildman–Crippen MR) is 91.8 cm³/mol. The number of benzene rings is 1. The molecule has 0 aromatic heterocycles. The first-order chi connectivity index (χ1) is 12.1. The Morgan fingerprint density at radius 2 is 2.16 bits per heavy atom. The normalized spacial score (nSPS) is 24.0. The maximum Gasteiger partial charge on any atom is 0.267 e. The first kappa shape index (κ1) is 17.6. The van der Waals surface area contributed by atoms with Crippen LogP contribution in [0.25, 0.3) is 0 Å². The molecule has 25 heavy (non-hydrogen) atoms. The highest BCUT2D eigenvalue weighted by Crippen LogP contribution is 2.15. The molecular weight excluding hydrogens is 322 g/mol. The van der Waals surface area contributed by atoms with E-state index >= 15 is 0 Å². The van der Waals surface area contributed by atoms with Crippen molar-refractivity contribution in [3.8, 4) is 0 Å². The Bertz CT molecular complexity index is 647. The molecule has 7 heteroatoms. The lowest BCUT2D eigenvalue weighted by Gasteiger charge is -2.32. The summed E-state index contributed by atoms with van der Waals surface area (Å²) in [6.45, 7) is 1.52. The van der Waals surface area contributed by atoms with Gasteiger partial charge in [-0.15, -0.1) is 0 Å². The quantitative estimate of drug-likeness (QED) is 0.866. The number of hydrogen-bond donors (Lipinski definition) is 1. The van der Waals surface area contributed by atoms with Crippen molar-refractivity contribution in [2.45, 2.75) is 38.0 Å². The van der Waals surface area contributed by atoms with Gasteiger partial charge in [0, 0.05) is 26.5 Å². The van der Waals surface area contributed by atoms with E-state index < -0.39 is 0 Å². The topological polar surface area (TPSA) is 80.2 Å². The second-order valence-electron chi connectivity index (χ2n) is 6.24. The predicted octanol–water partition coefficient (Wildman–Crippen LogP) is 1.09. The van der Waals surface area contributed by atoms with Crippen LogP contribution in [-0.4, -0.2) is 54.9 Å². The Hall–Kier alpha value is -2.25. The van der Waals surface area contributed by atoms with Crippen LogP contribution in [-0.2, 0) is 25.7 Å². The third-order valence-electron chi connectivity index (χ3n) is 4.39. The molecular formula is C18H23N3O4. The number of ether oxygens (including phenoxy) is 2. The number of nitrogens with zero attached hydrogens (tertiary/aromatic N) is 2. The third kappa shape index (κ3) is 4.64. The lowest BCUT2D eigenvalue weighted by Crippen LogP contribution is -2.52. The summed E-state index contributed by atoms with van der Waals surface area (Å²) < 4.78 is 11.5. The second kappa shape index (κ2) is 8.22. The summed E-state index contributed by atoms with van der Waals surface area (Å²) >= 11 is 0. The van der Waals surface area contributed by atoms with Crippen molar-refractivity contribution in [3.05, 3.63) is 35.9 Å². The van der Waals surface area contributed by atoms with Crippen LogP contribution in [0.2, 0.25) is 0 Å². The Morgan fingerprint density at radius 1 is 1.36 bits per heavy atom. The number of carbonyl (C=O) groups excluding carboxylic acids is 2. The molecule has 0 spiro atoms. The third-order valence-corrected chi connectivity index (χ3v) is 4.39. The summed E-state index contributed by atoms with van der Waals surface area (Å²) in [5, 5.41) is 8.23. The first-order valence-electron chi connectivity index (χ1n) is 8.51. The molecule has 1 saturated heterocycles. The molecule has 1 aromatic rings. The lowest BCUT2D eigenvalue weighted by molar-refractivity contribution is -0.130. The summed E-state index contributed by atoms with van der Waals surface area (Å²) in [7, 11) is 1.56. The minimum absolute atomic E-state index is 0.0818. The van der Waals surface area contributed by atoms with E-state index in [1.54, 1.807) is 7.05 Å². The van der Waals surface area contributed by atoms with Crippen molar-refractivity contribution >= 4 is 17.5 Å². The van der Waals surface area contributed by atoms with Crippen molar-refractivity contribution in [1.29, 1.82) is 0 Å². The Labute approximate surface area is 147 Å². The number of hydrazone groups is 1. The van der Waals surface area contributed by atoms with Crippen LogP contribution in [0.3, 0.4) is 0 Å². The minimum Gasteiger partial charge on any atom is -0.379 e. The van der Waals surface area contributed by atoms with Gasteiger partial charge in [0.1, 0.15) is 5.71 Å². The largest absolute Gasteiger partial charge is 0.379 e. The van der Waals surface area contributed by atoms with Gasteiger partial charge in [-0.1, -0.05) is 30.3 Å². The highest BCUT2D eigenvalue weighted by atomic mass is 16.5. The second-order valence-corrected chi connectivity index (χ2v) is 6.24. The van der Waals surface area contributed by atoms with Crippen molar-refractivity contribution in [1.82, 2.24) is 10.3 Å². The van der Waals surface area contributed by atoms with Crippen molar-refractivity contribution in [3.63, 3.8) is 0 Å². The van der Waals surface area contributed by atoms with Crippen LogP contribution in [0.5, 0.6) is 0 Å². The standard InChI is InChI=1S/C18H23N3O4/c1-21-17(22)8-7-14(20-21)18(23)19-15-12-24-10-9-16(15)25-11-13-5-3-2-4-6-13/h2-6,15-16H,7-12H2,1H3,(H,19,23)/t15-,16+/m1/s1. The van der Waals surface area contributed by atoms with Crippen molar-refractivity contribution < 1.29 is 19.1 Å². The molecule has 7 nitrogen and oxygen atoms in total. The van der Waals surface area contributed by atoms with Crippen molar-refractivity contribution in [2.24, 2.45) is 5.10 Å². The SMILES string of the molecule is CN1N=C(C(=O)N[C@@H]2COCC[C@@H]2OCc2ccccc2)CCC1=O. The maximum absolute atomic E-state index is 12.4. The monoisotopic (exact) mass is 345 g/mol. The number of nitrogens with one attached hydrogen (secondary N) is 1. The lowest BCUT2D eigenvalue weighted by atomic mass is 10.1. The van der Waals surface area contributed by atoms with Gasteiger partial charge in [0.15, 0.2) is 0 Å². The van der Waals surface area contributed by atoms with Crippen LogP contribution in [0.1, 0.15) is 24.8 Å². The molecule has 2 atom stereocenters. The molecule has 0 unspecified atom stereocenters. The summed E-state index contributed by atoms with van der Waals surface area (Å²) in [6.07, 6.45) is 1.28. The van der Waals surface area contributed by atoms with Crippen LogP contribution >= 0.6 is 0 Å². The molecule has 0 bridgehead atoms. The zero-order chi connectivity index (χ0) is 17.6. The van der Waals surface area contributed by atoms with Gasteiger partial charge in [-0.2, -0.15) is 5.10 Å². The van der Waals surface area contributed by atoms with E-state index in [9.17, 15) is 9.59 Å². The van der Waals surface area contributed by atoms with Crippen LogP contribution < -0.4 is 5.32 Å². The maximum atomic E-state index is 12.4. The highest BCUT2D eigenvalue weighted by molar-refractivity contribution is 6.39. The van der Waals surface area contributed by atoms with E-state index in [0.717, 1.165) is 12.0 Å². The fraction of sp³-hybridized carbons (Fsp3) is 0.500. The highest BCUT2D eigenvalue weighted by Gasteiger charge is 2.30. The number of rotatable bonds is 5. The molecule has 134 valence electrons. The van der Waals surface area contributed by atoms with Gasteiger partial charge in [-0.3, -0.25) is 9.59 Å². The average molecular weight is 345 g/mol. The molecule has 1 aromatic carbocycles. The summed E-state index contributed by atoms with van der Waals surface area (Å²) in [6, 6.07) is 9.71. The summed E-state index contributed by atoms with van der Waals surface area (Å²) in [5.41, 5.74) is 1.46. The van der Waals surface area contributed by atoms with Crippen LogP contribution in [0, 0.1) is 0 Å². The molecule has 0 radical (unpaired) electrons. The van der Waals surface area contributed by atoms with E-state index in [1.165, 1.54) is 5.01 Å². The number of hydrogen-bond acceptors (Lipinski definition) is 5. The van der Waals surface area contributed by atoms with Gasteiger partial charge in [0.2, 0.25) is 5.91 Å². The zero-order valence-electron chi connectivity index (χ0n) is 14.3. The molecule has 0 aliphatic carbocycles. The summed E-state index contributed by atoms with van der Waals surface area (Å²) in [5.74, 6) is -0.343. The van der Waals surface area contributed by atoms with Gasteiger partial charge in [0.05, 0.1) is 25.4 Å². The van der Waals surface area contributed by atoms with E-state index in [1.807, 2.05) is 30.3 Å². The molecule has 1 N–H and O–H groups in total. The van der Waals surface area contributed by atoms with Gasteiger partial charge in [0.25, 0.3) is 5.91 Å². The van der Waals surface area contributed by atoms with Gasteiger partial charge in [-0.25, -0.2) is 5.01 Å². The van der Waals surface area contributed by atoms with Crippen LogP contribution in [0.15, 0.2) is 35.4 Å². The fourth-order valence-electron chi connectivity index (χ4n) is 2.91. The van der Waals surface area contributed by atoms with E-state index in [0.29, 0.717) is 38.4 Å². The Balaban J connectivity index is 1.58. The molecule has 0 saturated carbocycles. The fourth-order valence-corrected chi connectivity index (χ4v) is 2.91. The number of amides is 2. The van der Waals surface area contributed by atoms with Gasteiger partial charge in [-0.05, 0) is 12.0 Å². The van der Waals surface area contributed by atoms with E-state index in [-0.39, 0.29) is 24.0 Å². The van der Waals surface area contributed by atoms with Gasteiger partial charge < -0.3 is 14.8 Å². The van der Waals surface area contributed by atoms with E-state index in [4.69, 9.17) is 9.47 Å². The average Bonchev–Trinajstić information content (AvgIpc) is 2.64. The molecule has 3 rings (SSSR count). The molecule has 2 aliphatic rings. The Morgan fingerprint density at radius 3 is 2.92 bits per heavy atom. The molecule has 1 fully saturated rings. The molecule has 2 aliphatic heterocycles. The van der Waals surface area contributed by atoms with E-state index in [2.05, 4.69) is 10.4 Å². The summed E-state index contributed by atoms with van der Waals surface area (Å²) in [4.78, 5) is 23.9. The Kier molecular flexibility index (Phi) is 5.78. The number of carbonyl (C=O) groups is 2. The zero-order valence-corrected chi connectivity index (χ0v) is 14.3. The molecule has 2 heterocycles.